The van der Waals surface area contributed by atoms with Crippen LogP contribution in [0.25, 0.3) is 10.8 Å². The first kappa shape index (κ1) is 13.0. The van der Waals surface area contributed by atoms with Crippen LogP contribution in [0.1, 0.15) is 29.3 Å². The van der Waals surface area contributed by atoms with Crippen molar-refractivity contribution in [1.82, 2.24) is 0 Å². The third-order valence-corrected chi connectivity index (χ3v) is 4.65. The number of hydrogen-bond donors (Lipinski definition) is 0. The van der Waals surface area contributed by atoms with Gasteiger partial charge in [0.1, 0.15) is 0 Å². The van der Waals surface area contributed by atoms with E-state index in [9.17, 15) is 0 Å². The summed E-state index contributed by atoms with van der Waals surface area (Å²) in [5.74, 6) is 0.430. The first-order chi connectivity index (χ1) is 9.27. The van der Waals surface area contributed by atoms with E-state index in [0.29, 0.717) is 5.92 Å². The number of halogens is 1. The monoisotopic (exact) mass is 274 g/mol. The van der Waals surface area contributed by atoms with Gasteiger partial charge in [-0.2, -0.15) is 0 Å². The lowest BCUT2D eigenvalue weighted by molar-refractivity contribution is 0.0532. The van der Waals surface area contributed by atoms with Crippen LogP contribution in [-0.4, -0.2) is 13.2 Å². The van der Waals surface area contributed by atoms with Crippen molar-refractivity contribution in [3.8, 4) is 0 Å². The molecule has 1 aliphatic rings. The van der Waals surface area contributed by atoms with Gasteiger partial charge in [0.2, 0.25) is 0 Å². The van der Waals surface area contributed by atoms with Crippen molar-refractivity contribution in [3.63, 3.8) is 0 Å². The highest BCUT2D eigenvalue weighted by Gasteiger charge is 2.26. The molecule has 0 amide bonds. The minimum Gasteiger partial charge on any atom is -0.381 e. The Kier molecular flexibility index (Phi) is 3.76. The number of ether oxygens (including phenoxy) is 1. The van der Waals surface area contributed by atoms with Crippen molar-refractivity contribution in [2.75, 3.05) is 13.2 Å². The van der Waals surface area contributed by atoms with Crippen LogP contribution in [0.15, 0.2) is 36.4 Å². The van der Waals surface area contributed by atoms with Crippen LogP contribution in [0.5, 0.6) is 0 Å². The van der Waals surface area contributed by atoms with Gasteiger partial charge in [0, 0.05) is 12.5 Å². The Morgan fingerprint density at radius 1 is 1.21 bits per heavy atom. The fourth-order valence-corrected chi connectivity index (χ4v) is 3.49. The predicted octanol–water partition coefficient (Wildman–Crippen LogP) is 4.85. The van der Waals surface area contributed by atoms with Crippen LogP contribution in [0.4, 0.5) is 0 Å². The average Bonchev–Trinajstić information content (AvgIpc) is 2.47. The van der Waals surface area contributed by atoms with Gasteiger partial charge in [0.25, 0.3) is 0 Å². The van der Waals surface area contributed by atoms with Crippen molar-refractivity contribution in [1.29, 1.82) is 0 Å². The lowest BCUT2D eigenvalue weighted by Gasteiger charge is -2.28. The summed E-state index contributed by atoms with van der Waals surface area (Å²) >= 11 is 6.79. The van der Waals surface area contributed by atoms with Crippen LogP contribution in [-0.2, 0) is 4.74 Å². The van der Waals surface area contributed by atoms with E-state index in [0.717, 1.165) is 26.1 Å². The Balaban J connectivity index is 2.05. The summed E-state index contributed by atoms with van der Waals surface area (Å²) in [6.45, 7) is 3.83. The summed E-state index contributed by atoms with van der Waals surface area (Å²) in [6, 6.07) is 12.8. The minimum absolute atomic E-state index is 0.0476. The molecule has 0 saturated carbocycles. The second-order valence-corrected chi connectivity index (χ2v) is 5.87. The molecule has 1 fully saturated rings. The highest BCUT2D eigenvalue weighted by atomic mass is 35.5. The maximum Gasteiger partial charge on any atom is 0.0644 e. The maximum absolute atomic E-state index is 6.79. The molecule has 1 aliphatic heterocycles. The van der Waals surface area contributed by atoms with Crippen LogP contribution in [0.2, 0.25) is 0 Å². The molecule has 0 bridgehead atoms. The number of hydrogen-bond acceptors (Lipinski definition) is 1. The summed E-state index contributed by atoms with van der Waals surface area (Å²) in [6.07, 6.45) is 2.29. The van der Waals surface area contributed by atoms with Crippen molar-refractivity contribution in [2.45, 2.75) is 25.1 Å². The molecular formula is C17H19ClO. The molecule has 0 aliphatic carbocycles. The summed E-state index contributed by atoms with van der Waals surface area (Å²) < 4.78 is 5.59. The van der Waals surface area contributed by atoms with Crippen molar-refractivity contribution >= 4 is 22.4 Å². The van der Waals surface area contributed by atoms with Gasteiger partial charge < -0.3 is 4.74 Å². The average molecular weight is 275 g/mol. The second-order valence-electron chi connectivity index (χ2n) is 5.40. The number of fused-ring (bicyclic) bond motifs is 1. The molecule has 3 rings (SSSR count). The molecule has 0 radical (unpaired) electrons. The molecule has 2 aromatic rings. The van der Waals surface area contributed by atoms with Gasteiger partial charge in [-0.1, -0.05) is 36.4 Å². The van der Waals surface area contributed by atoms with Gasteiger partial charge >= 0.3 is 0 Å². The SMILES string of the molecule is Cc1ccc2ccccc2c1C(Cl)C1CCCOC1. The Morgan fingerprint density at radius 2 is 2.05 bits per heavy atom. The van der Waals surface area contributed by atoms with E-state index in [4.69, 9.17) is 16.3 Å². The fraction of sp³-hybridized carbons (Fsp3) is 0.412. The zero-order valence-corrected chi connectivity index (χ0v) is 12.0. The van der Waals surface area contributed by atoms with Crippen LogP contribution in [0.3, 0.4) is 0 Å². The summed E-state index contributed by atoms with van der Waals surface area (Å²) in [5.41, 5.74) is 2.57. The lowest BCUT2D eigenvalue weighted by atomic mass is 9.88. The number of alkyl halides is 1. The molecular weight excluding hydrogens is 256 g/mol. The smallest absolute Gasteiger partial charge is 0.0644 e. The van der Waals surface area contributed by atoms with E-state index in [2.05, 4.69) is 43.3 Å². The molecule has 2 heteroatoms. The second kappa shape index (κ2) is 5.52. The van der Waals surface area contributed by atoms with E-state index in [1.165, 1.54) is 21.9 Å². The highest BCUT2D eigenvalue weighted by Crippen LogP contribution is 2.39. The van der Waals surface area contributed by atoms with Gasteiger partial charge in [0.15, 0.2) is 0 Å². The Bertz CT molecular complexity index is 572. The Labute approximate surface area is 119 Å². The standard InChI is InChI=1S/C17H19ClO/c1-12-8-9-13-5-2-3-7-15(13)16(12)17(18)14-6-4-10-19-11-14/h2-3,5,7-9,14,17H,4,6,10-11H2,1H3. The third-order valence-electron chi connectivity index (χ3n) is 4.07. The Hall–Kier alpha value is -1.05. The lowest BCUT2D eigenvalue weighted by Crippen LogP contribution is -2.21. The molecule has 0 N–H and O–H groups in total. The quantitative estimate of drug-likeness (QED) is 0.711. The summed E-state index contributed by atoms with van der Waals surface area (Å²) in [4.78, 5) is 0. The van der Waals surface area contributed by atoms with Gasteiger partial charge in [-0.15, -0.1) is 11.6 Å². The van der Waals surface area contributed by atoms with Crippen LogP contribution < -0.4 is 0 Å². The maximum atomic E-state index is 6.79. The molecule has 1 heterocycles. The van der Waals surface area contributed by atoms with E-state index in [-0.39, 0.29) is 5.38 Å². The van der Waals surface area contributed by atoms with Gasteiger partial charge in [-0.3, -0.25) is 0 Å². The highest BCUT2D eigenvalue weighted by molar-refractivity contribution is 6.22. The van der Waals surface area contributed by atoms with E-state index in [1.54, 1.807) is 0 Å². The molecule has 2 unspecified atom stereocenters. The summed E-state index contributed by atoms with van der Waals surface area (Å²) in [7, 11) is 0. The molecule has 19 heavy (non-hydrogen) atoms. The molecule has 0 aromatic heterocycles. The van der Waals surface area contributed by atoms with Gasteiger partial charge in [-0.05, 0) is 41.7 Å². The number of aryl methyl sites for hydroxylation is 1. The fourth-order valence-electron chi connectivity index (χ4n) is 3.00. The zero-order chi connectivity index (χ0) is 13.2. The topological polar surface area (TPSA) is 9.23 Å². The van der Waals surface area contributed by atoms with Crippen molar-refractivity contribution in [2.24, 2.45) is 5.92 Å². The van der Waals surface area contributed by atoms with Gasteiger partial charge in [0.05, 0.1) is 12.0 Å². The number of rotatable bonds is 2. The summed E-state index contributed by atoms with van der Waals surface area (Å²) in [5, 5.41) is 2.60. The third kappa shape index (κ3) is 2.50. The molecule has 2 atom stereocenters. The van der Waals surface area contributed by atoms with E-state index in [1.807, 2.05) is 0 Å². The molecule has 1 saturated heterocycles. The minimum atomic E-state index is 0.0476. The number of benzene rings is 2. The molecule has 0 spiro atoms. The first-order valence-corrected chi connectivity index (χ1v) is 7.41. The molecule has 100 valence electrons. The van der Waals surface area contributed by atoms with E-state index < -0.39 is 0 Å². The van der Waals surface area contributed by atoms with E-state index >= 15 is 0 Å². The van der Waals surface area contributed by atoms with Crippen LogP contribution in [0, 0.1) is 12.8 Å². The predicted molar refractivity (Wildman–Crippen MR) is 80.8 cm³/mol. The van der Waals surface area contributed by atoms with Crippen LogP contribution >= 0.6 is 11.6 Å². The van der Waals surface area contributed by atoms with Gasteiger partial charge in [-0.25, -0.2) is 0 Å². The van der Waals surface area contributed by atoms with Crippen molar-refractivity contribution < 1.29 is 4.74 Å². The molecule has 2 aromatic carbocycles. The first-order valence-electron chi connectivity index (χ1n) is 6.97. The van der Waals surface area contributed by atoms with Crippen molar-refractivity contribution in [3.05, 3.63) is 47.5 Å². The molecule has 1 nitrogen and oxygen atoms in total. The zero-order valence-electron chi connectivity index (χ0n) is 11.2. The largest absolute Gasteiger partial charge is 0.381 e. The normalized spacial score (nSPS) is 21.5. The Morgan fingerprint density at radius 3 is 2.84 bits per heavy atom.